The SMILES string of the molecule is O=C(NC12CCCN(CC1)C2)c1ccc(N2CCC(O)CC2)cc1. The Hall–Kier alpha value is -1.59. The summed E-state index contributed by atoms with van der Waals surface area (Å²) < 4.78 is 0. The van der Waals surface area contributed by atoms with Crippen LogP contribution in [0.5, 0.6) is 0 Å². The maximum atomic E-state index is 12.6. The average molecular weight is 329 g/mol. The first-order valence-corrected chi connectivity index (χ1v) is 9.22. The lowest BCUT2D eigenvalue weighted by atomic mass is 9.90. The summed E-state index contributed by atoms with van der Waals surface area (Å²) in [7, 11) is 0. The van der Waals surface area contributed by atoms with Crippen LogP contribution in [0.25, 0.3) is 0 Å². The highest BCUT2D eigenvalue weighted by Gasteiger charge is 2.41. The number of rotatable bonds is 3. The number of hydrogen-bond donors (Lipinski definition) is 2. The number of aliphatic hydroxyl groups is 1. The number of benzene rings is 1. The molecule has 0 aromatic heterocycles. The lowest BCUT2D eigenvalue weighted by Gasteiger charge is -2.35. The minimum atomic E-state index is -0.160. The Labute approximate surface area is 143 Å². The van der Waals surface area contributed by atoms with Gasteiger partial charge in [0.2, 0.25) is 0 Å². The number of amides is 1. The third-order valence-electron chi connectivity index (χ3n) is 5.90. The quantitative estimate of drug-likeness (QED) is 0.885. The molecule has 0 spiro atoms. The summed E-state index contributed by atoms with van der Waals surface area (Å²) in [4.78, 5) is 17.4. The molecule has 2 bridgehead atoms. The van der Waals surface area contributed by atoms with Crippen molar-refractivity contribution in [3.05, 3.63) is 29.8 Å². The lowest BCUT2D eigenvalue weighted by molar-refractivity contribution is 0.0877. The summed E-state index contributed by atoms with van der Waals surface area (Å²) in [5.74, 6) is 0.0550. The normalized spacial score (nSPS) is 30.4. The first-order chi connectivity index (χ1) is 11.6. The van der Waals surface area contributed by atoms with Crippen LogP contribution in [0, 0.1) is 0 Å². The summed E-state index contributed by atoms with van der Waals surface area (Å²) in [6.45, 7) is 5.06. The summed E-state index contributed by atoms with van der Waals surface area (Å²) in [6, 6.07) is 7.93. The number of carbonyl (C=O) groups excluding carboxylic acids is 1. The molecule has 0 saturated carbocycles. The van der Waals surface area contributed by atoms with Crippen LogP contribution >= 0.6 is 0 Å². The van der Waals surface area contributed by atoms with Gasteiger partial charge in [-0.3, -0.25) is 4.79 Å². The monoisotopic (exact) mass is 329 g/mol. The summed E-state index contributed by atoms with van der Waals surface area (Å²) in [5.41, 5.74) is 1.88. The van der Waals surface area contributed by atoms with Crippen molar-refractivity contribution in [2.24, 2.45) is 0 Å². The molecule has 3 fully saturated rings. The van der Waals surface area contributed by atoms with Gasteiger partial charge in [-0.1, -0.05) is 0 Å². The molecule has 1 aromatic rings. The first kappa shape index (κ1) is 15.9. The maximum Gasteiger partial charge on any atom is 0.251 e. The molecular formula is C19H27N3O2. The average Bonchev–Trinajstić information content (AvgIpc) is 2.89. The van der Waals surface area contributed by atoms with Gasteiger partial charge in [0.15, 0.2) is 0 Å². The Morgan fingerprint density at radius 2 is 1.83 bits per heavy atom. The molecule has 3 aliphatic rings. The van der Waals surface area contributed by atoms with E-state index in [0.717, 1.165) is 63.1 Å². The number of anilines is 1. The minimum Gasteiger partial charge on any atom is -0.393 e. The van der Waals surface area contributed by atoms with Crippen LogP contribution in [0.1, 0.15) is 42.5 Å². The molecule has 24 heavy (non-hydrogen) atoms. The van der Waals surface area contributed by atoms with Crippen molar-refractivity contribution in [3.63, 3.8) is 0 Å². The molecule has 3 saturated heterocycles. The van der Waals surface area contributed by atoms with Crippen LogP contribution in [-0.2, 0) is 0 Å². The molecule has 3 aliphatic heterocycles. The van der Waals surface area contributed by atoms with Crippen molar-refractivity contribution in [2.45, 2.75) is 43.7 Å². The Bertz CT molecular complexity index is 591. The zero-order chi connectivity index (χ0) is 16.6. The molecule has 130 valence electrons. The highest BCUT2D eigenvalue weighted by atomic mass is 16.3. The molecule has 1 aromatic carbocycles. The molecule has 3 heterocycles. The van der Waals surface area contributed by atoms with E-state index in [1.54, 1.807) is 0 Å². The van der Waals surface area contributed by atoms with Gasteiger partial charge in [0.05, 0.1) is 11.6 Å². The van der Waals surface area contributed by atoms with E-state index in [9.17, 15) is 9.90 Å². The fourth-order valence-electron chi connectivity index (χ4n) is 4.42. The van der Waals surface area contributed by atoms with Crippen LogP contribution in [0.4, 0.5) is 5.69 Å². The van der Waals surface area contributed by atoms with E-state index in [-0.39, 0.29) is 17.6 Å². The molecule has 4 rings (SSSR count). The third-order valence-corrected chi connectivity index (χ3v) is 5.90. The summed E-state index contributed by atoms with van der Waals surface area (Å²) in [6.07, 6.45) is 4.84. The zero-order valence-electron chi connectivity index (χ0n) is 14.2. The predicted molar refractivity (Wildman–Crippen MR) is 94.4 cm³/mol. The van der Waals surface area contributed by atoms with Crippen molar-refractivity contribution in [1.82, 2.24) is 10.2 Å². The fraction of sp³-hybridized carbons (Fsp3) is 0.632. The number of nitrogens with zero attached hydrogens (tertiary/aromatic N) is 2. The van der Waals surface area contributed by atoms with Crippen LogP contribution in [-0.4, -0.2) is 60.3 Å². The topological polar surface area (TPSA) is 55.8 Å². The highest BCUT2D eigenvalue weighted by Crippen LogP contribution is 2.31. The largest absolute Gasteiger partial charge is 0.393 e. The van der Waals surface area contributed by atoms with Crippen LogP contribution in [0.3, 0.4) is 0 Å². The van der Waals surface area contributed by atoms with Gasteiger partial charge in [0.1, 0.15) is 0 Å². The molecule has 5 heteroatoms. The Morgan fingerprint density at radius 1 is 1.08 bits per heavy atom. The summed E-state index contributed by atoms with van der Waals surface area (Å²) >= 11 is 0. The predicted octanol–water partition coefficient (Wildman–Crippen LogP) is 1.62. The van der Waals surface area contributed by atoms with E-state index >= 15 is 0 Å². The zero-order valence-corrected chi connectivity index (χ0v) is 14.2. The number of aliphatic hydroxyl groups excluding tert-OH is 1. The minimum absolute atomic E-state index is 0.00296. The van der Waals surface area contributed by atoms with E-state index in [2.05, 4.69) is 15.1 Å². The standard InChI is InChI=1S/C19H27N3O2/c23-17-6-11-22(12-7-17)16-4-2-15(3-5-16)18(24)20-19-8-1-10-21(14-19)13-9-19/h2-5,17,23H,1,6-14H2,(H,20,24). The van der Waals surface area contributed by atoms with Crippen LogP contribution in [0.2, 0.25) is 0 Å². The van der Waals surface area contributed by atoms with Crippen LogP contribution in [0.15, 0.2) is 24.3 Å². The van der Waals surface area contributed by atoms with E-state index in [4.69, 9.17) is 0 Å². The van der Waals surface area contributed by atoms with Gasteiger partial charge in [0.25, 0.3) is 5.91 Å². The van der Waals surface area contributed by atoms with Crippen molar-refractivity contribution < 1.29 is 9.90 Å². The van der Waals surface area contributed by atoms with E-state index in [1.165, 1.54) is 13.0 Å². The molecule has 2 atom stereocenters. The van der Waals surface area contributed by atoms with Gasteiger partial charge in [0, 0.05) is 37.4 Å². The number of fused-ring (bicyclic) bond motifs is 2. The van der Waals surface area contributed by atoms with Crippen molar-refractivity contribution >= 4 is 11.6 Å². The number of nitrogens with one attached hydrogen (secondary N) is 1. The first-order valence-electron chi connectivity index (χ1n) is 9.22. The molecule has 0 aliphatic carbocycles. The van der Waals surface area contributed by atoms with Gasteiger partial charge >= 0.3 is 0 Å². The van der Waals surface area contributed by atoms with E-state index in [0.29, 0.717) is 0 Å². The molecule has 2 N–H and O–H groups in total. The Balaban J connectivity index is 1.40. The molecule has 0 radical (unpaired) electrons. The van der Waals surface area contributed by atoms with Gasteiger partial charge in [-0.15, -0.1) is 0 Å². The van der Waals surface area contributed by atoms with Gasteiger partial charge in [-0.25, -0.2) is 0 Å². The fourth-order valence-corrected chi connectivity index (χ4v) is 4.42. The van der Waals surface area contributed by atoms with Crippen molar-refractivity contribution in [3.8, 4) is 0 Å². The number of hydrogen-bond acceptors (Lipinski definition) is 4. The Kier molecular flexibility index (Phi) is 4.22. The number of carbonyl (C=O) groups is 1. The summed E-state index contributed by atoms with van der Waals surface area (Å²) in [5, 5.41) is 12.9. The van der Waals surface area contributed by atoms with Crippen molar-refractivity contribution in [2.75, 3.05) is 37.6 Å². The van der Waals surface area contributed by atoms with Crippen molar-refractivity contribution in [1.29, 1.82) is 0 Å². The lowest BCUT2D eigenvalue weighted by Crippen LogP contribution is -2.52. The van der Waals surface area contributed by atoms with Crippen LogP contribution < -0.4 is 10.2 Å². The second-order valence-corrected chi connectivity index (χ2v) is 7.63. The second kappa shape index (κ2) is 6.37. The van der Waals surface area contributed by atoms with Gasteiger partial charge < -0.3 is 20.2 Å². The third kappa shape index (κ3) is 3.15. The molecule has 2 unspecified atom stereocenters. The van der Waals surface area contributed by atoms with Gasteiger partial charge in [-0.2, -0.15) is 0 Å². The maximum absolute atomic E-state index is 12.6. The molecular weight excluding hydrogens is 302 g/mol. The molecule has 1 amide bonds. The highest BCUT2D eigenvalue weighted by molar-refractivity contribution is 5.95. The smallest absolute Gasteiger partial charge is 0.251 e. The number of piperidine rings is 2. The molecule has 5 nitrogen and oxygen atoms in total. The van der Waals surface area contributed by atoms with E-state index < -0.39 is 0 Å². The second-order valence-electron chi connectivity index (χ2n) is 7.63. The van der Waals surface area contributed by atoms with Gasteiger partial charge in [-0.05, 0) is 62.9 Å². The Morgan fingerprint density at radius 3 is 2.58 bits per heavy atom. The van der Waals surface area contributed by atoms with E-state index in [1.807, 2.05) is 24.3 Å².